The number of methoxy groups -OCH3 is 1. The van der Waals surface area contributed by atoms with E-state index in [1.807, 2.05) is 30.9 Å². The molecule has 1 fully saturated rings. The first kappa shape index (κ1) is 21.3. The molecule has 1 aliphatic rings. The highest BCUT2D eigenvalue weighted by Crippen LogP contribution is 2.31. The lowest BCUT2D eigenvalue weighted by atomic mass is 10.0. The lowest BCUT2D eigenvalue weighted by molar-refractivity contribution is -0.139. The quantitative estimate of drug-likeness (QED) is 0.691. The third kappa shape index (κ3) is 4.62. The van der Waals surface area contributed by atoms with Crippen molar-refractivity contribution in [1.82, 2.24) is 9.80 Å². The van der Waals surface area contributed by atoms with Gasteiger partial charge in [0.15, 0.2) is 6.10 Å². The van der Waals surface area contributed by atoms with E-state index in [9.17, 15) is 9.59 Å². The van der Waals surface area contributed by atoms with E-state index in [1.54, 1.807) is 21.0 Å². The summed E-state index contributed by atoms with van der Waals surface area (Å²) in [5, 5.41) is 0.747. The van der Waals surface area contributed by atoms with Gasteiger partial charge in [-0.05, 0) is 51.0 Å². The minimum Gasteiger partial charge on any atom is -0.480 e. The van der Waals surface area contributed by atoms with Crippen molar-refractivity contribution in [1.29, 1.82) is 0 Å². The van der Waals surface area contributed by atoms with Crippen LogP contribution in [0.3, 0.4) is 0 Å². The molecule has 1 unspecified atom stereocenters. The molecule has 158 valence electrons. The zero-order chi connectivity index (χ0) is 21.1. The molecule has 1 atom stereocenters. The summed E-state index contributed by atoms with van der Waals surface area (Å²) in [5.41, 5.74) is 2.42. The third-order valence-electron chi connectivity index (χ3n) is 5.60. The Labute approximate surface area is 171 Å². The highest BCUT2D eigenvalue weighted by Gasteiger charge is 2.27. The maximum atomic E-state index is 12.9. The van der Waals surface area contributed by atoms with Crippen molar-refractivity contribution < 1.29 is 18.7 Å². The number of nitrogens with zero attached hydrogens (tertiary/aromatic N) is 2. The number of rotatable bonds is 6. The van der Waals surface area contributed by atoms with Gasteiger partial charge in [0.2, 0.25) is 0 Å². The number of carbonyl (C=O) groups is 1. The molecule has 29 heavy (non-hydrogen) atoms. The first-order valence-electron chi connectivity index (χ1n) is 10.0. The Morgan fingerprint density at radius 3 is 2.48 bits per heavy atom. The van der Waals surface area contributed by atoms with Gasteiger partial charge < -0.3 is 18.8 Å². The fourth-order valence-corrected chi connectivity index (χ4v) is 3.69. The van der Waals surface area contributed by atoms with E-state index >= 15 is 0 Å². The Bertz CT molecular complexity index is 944. The minimum absolute atomic E-state index is 0.0298. The first-order chi connectivity index (χ1) is 13.8. The van der Waals surface area contributed by atoms with E-state index in [0.717, 1.165) is 36.1 Å². The number of aryl methyl sites for hydroxylation is 2. The summed E-state index contributed by atoms with van der Waals surface area (Å²) >= 11 is 0. The number of benzene rings is 1. The van der Waals surface area contributed by atoms with Crippen LogP contribution < -0.4 is 10.4 Å². The molecule has 1 aromatic carbocycles. The van der Waals surface area contributed by atoms with Gasteiger partial charge in [0.05, 0.1) is 12.0 Å². The van der Waals surface area contributed by atoms with Gasteiger partial charge in [-0.2, -0.15) is 0 Å². The first-order valence-corrected chi connectivity index (χ1v) is 10.0. The smallest absolute Gasteiger partial charge is 0.339 e. The lowest BCUT2D eigenvalue weighted by Gasteiger charge is -2.35. The average molecular weight is 402 g/mol. The van der Waals surface area contributed by atoms with Gasteiger partial charge >= 0.3 is 5.63 Å². The number of carbonyl (C=O) groups excluding carboxylic acids is 1. The zero-order valence-corrected chi connectivity index (χ0v) is 17.9. The van der Waals surface area contributed by atoms with Gasteiger partial charge in [0, 0.05) is 45.4 Å². The minimum atomic E-state index is -0.628. The van der Waals surface area contributed by atoms with E-state index in [2.05, 4.69) is 4.90 Å². The molecule has 2 heterocycles. The number of hydrogen-bond acceptors (Lipinski definition) is 6. The molecular formula is C22H30N2O5. The molecule has 0 saturated carbocycles. The van der Waals surface area contributed by atoms with Crippen molar-refractivity contribution in [3.63, 3.8) is 0 Å². The Hall–Kier alpha value is -2.38. The number of piperazine rings is 1. The highest BCUT2D eigenvalue weighted by atomic mass is 16.5. The van der Waals surface area contributed by atoms with E-state index < -0.39 is 6.10 Å². The van der Waals surface area contributed by atoms with Gasteiger partial charge in [-0.15, -0.1) is 0 Å². The molecule has 0 bridgehead atoms. The molecule has 0 N–H and O–H groups in total. The molecule has 7 nitrogen and oxygen atoms in total. The predicted octanol–water partition coefficient (Wildman–Crippen LogP) is 2.28. The van der Waals surface area contributed by atoms with Crippen molar-refractivity contribution in [2.45, 2.75) is 33.8 Å². The van der Waals surface area contributed by atoms with Gasteiger partial charge in [-0.3, -0.25) is 9.69 Å². The summed E-state index contributed by atoms with van der Waals surface area (Å²) in [6, 6.07) is 3.71. The molecule has 7 heteroatoms. The Morgan fingerprint density at radius 1 is 1.14 bits per heavy atom. The second-order valence-electron chi connectivity index (χ2n) is 7.70. The van der Waals surface area contributed by atoms with Crippen LogP contribution >= 0.6 is 0 Å². The molecule has 3 rings (SSSR count). The molecule has 0 radical (unpaired) electrons. The average Bonchev–Trinajstić information content (AvgIpc) is 2.69. The highest BCUT2D eigenvalue weighted by molar-refractivity contribution is 5.89. The normalized spacial score (nSPS) is 16.2. The second kappa shape index (κ2) is 8.97. The van der Waals surface area contributed by atoms with Crippen LogP contribution in [0.1, 0.15) is 23.6 Å². The molecular weight excluding hydrogens is 372 g/mol. The predicted molar refractivity (Wildman–Crippen MR) is 112 cm³/mol. The maximum absolute atomic E-state index is 12.9. The van der Waals surface area contributed by atoms with Crippen molar-refractivity contribution in [2.75, 3.05) is 46.4 Å². The number of fused-ring (bicyclic) bond motifs is 1. The van der Waals surface area contributed by atoms with E-state index in [4.69, 9.17) is 13.9 Å². The van der Waals surface area contributed by atoms with Crippen LogP contribution in [-0.4, -0.2) is 68.3 Å². The second-order valence-corrected chi connectivity index (χ2v) is 7.70. The molecule has 1 amide bonds. The molecule has 0 spiro atoms. The van der Waals surface area contributed by atoms with Crippen molar-refractivity contribution in [3.8, 4) is 5.75 Å². The van der Waals surface area contributed by atoms with Gasteiger partial charge in [-0.25, -0.2) is 4.79 Å². The monoisotopic (exact) mass is 402 g/mol. The van der Waals surface area contributed by atoms with Crippen molar-refractivity contribution in [2.24, 2.45) is 0 Å². The van der Waals surface area contributed by atoms with Crippen LogP contribution in [0.4, 0.5) is 0 Å². The molecule has 0 aliphatic carbocycles. The number of ether oxygens (including phenoxy) is 2. The Balaban J connectivity index is 1.76. The zero-order valence-electron chi connectivity index (χ0n) is 17.9. The van der Waals surface area contributed by atoms with Crippen LogP contribution in [0.2, 0.25) is 0 Å². The Kier molecular flexibility index (Phi) is 6.59. The molecule has 1 saturated heterocycles. The van der Waals surface area contributed by atoms with Crippen LogP contribution in [0.5, 0.6) is 5.75 Å². The summed E-state index contributed by atoms with van der Waals surface area (Å²) in [5.74, 6) is 0.543. The summed E-state index contributed by atoms with van der Waals surface area (Å²) in [6.07, 6.45) is -0.628. The van der Waals surface area contributed by atoms with Gasteiger partial charge in [0.25, 0.3) is 5.91 Å². The van der Waals surface area contributed by atoms with Crippen LogP contribution in [0.15, 0.2) is 21.3 Å². The third-order valence-corrected chi connectivity index (χ3v) is 5.60. The molecule has 2 aromatic rings. The van der Waals surface area contributed by atoms with E-state index in [-0.39, 0.29) is 11.5 Å². The number of hydrogen-bond donors (Lipinski definition) is 0. The van der Waals surface area contributed by atoms with Crippen LogP contribution in [-0.2, 0) is 9.53 Å². The molecule has 1 aliphatic heterocycles. The fraction of sp³-hybridized carbons (Fsp3) is 0.545. The summed E-state index contributed by atoms with van der Waals surface area (Å²) in [7, 11) is 1.70. The topological polar surface area (TPSA) is 72.2 Å². The van der Waals surface area contributed by atoms with E-state index in [1.165, 1.54) is 0 Å². The summed E-state index contributed by atoms with van der Waals surface area (Å²) in [4.78, 5) is 29.1. The standard InChI is InChI=1S/C22H30N2O5/c1-14-12-18(20-15(2)16(3)22(26)29-19(20)13-14)28-17(4)21(25)24-8-6-23(7-9-24)10-11-27-5/h12-13,17H,6-11H2,1-5H3. The van der Waals surface area contributed by atoms with Crippen LogP contribution in [0, 0.1) is 20.8 Å². The lowest BCUT2D eigenvalue weighted by Crippen LogP contribution is -2.52. The van der Waals surface area contributed by atoms with Gasteiger partial charge in [-0.1, -0.05) is 0 Å². The van der Waals surface area contributed by atoms with Gasteiger partial charge in [0.1, 0.15) is 11.3 Å². The number of amides is 1. The largest absolute Gasteiger partial charge is 0.480 e. The Morgan fingerprint density at radius 2 is 1.83 bits per heavy atom. The van der Waals surface area contributed by atoms with Crippen LogP contribution in [0.25, 0.3) is 11.0 Å². The SMILES string of the molecule is COCCN1CCN(C(=O)C(C)Oc2cc(C)cc3oc(=O)c(C)c(C)c23)CC1. The fourth-order valence-electron chi connectivity index (χ4n) is 3.69. The van der Waals surface area contributed by atoms with E-state index in [0.29, 0.717) is 36.6 Å². The summed E-state index contributed by atoms with van der Waals surface area (Å²) in [6.45, 7) is 11.9. The summed E-state index contributed by atoms with van der Waals surface area (Å²) < 4.78 is 16.7. The van der Waals surface area contributed by atoms with Crippen molar-refractivity contribution in [3.05, 3.63) is 39.2 Å². The van der Waals surface area contributed by atoms with Crippen molar-refractivity contribution >= 4 is 16.9 Å². The molecule has 1 aromatic heterocycles. The maximum Gasteiger partial charge on any atom is 0.339 e.